The monoisotopic (exact) mass is 480 g/mol. The number of carbonyl (C=O) groups is 3. The minimum absolute atomic E-state index is 0.0105. The molecule has 0 radical (unpaired) electrons. The lowest BCUT2D eigenvalue weighted by Gasteiger charge is -2.66. The number of aliphatic hydroxyl groups excluding tert-OH is 1. The van der Waals surface area contributed by atoms with Crippen LogP contribution in [0.1, 0.15) is 58.3 Å². The molecule has 5 aliphatic rings. The summed E-state index contributed by atoms with van der Waals surface area (Å²) in [5, 5.41) is 34.5. The highest BCUT2D eigenvalue weighted by Gasteiger charge is 2.74. The maximum Gasteiger partial charge on any atom is 0.331 e. The Morgan fingerprint density at radius 3 is 2.58 bits per heavy atom. The molecule has 4 fully saturated rings. The number of aliphatic hydroxyl groups is 3. The van der Waals surface area contributed by atoms with E-state index in [-0.39, 0.29) is 61.3 Å². The number of hydrogen-bond donors (Lipinski definition) is 3. The van der Waals surface area contributed by atoms with Crippen LogP contribution in [0.25, 0.3) is 0 Å². The van der Waals surface area contributed by atoms with Gasteiger partial charge in [0, 0.05) is 23.8 Å². The Morgan fingerprint density at radius 1 is 1.21 bits per heavy atom. The van der Waals surface area contributed by atoms with Gasteiger partial charge in [0.2, 0.25) is 0 Å². The van der Waals surface area contributed by atoms with Crippen molar-refractivity contribution in [1.82, 2.24) is 0 Å². The lowest BCUT2D eigenvalue weighted by Crippen LogP contribution is -2.72. The van der Waals surface area contributed by atoms with Crippen LogP contribution in [-0.2, 0) is 19.1 Å². The summed E-state index contributed by atoms with van der Waals surface area (Å²) < 4.78 is 5.16. The van der Waals surface area contributed by atoms with Crippen LogP contribution in [0.5, 0.6) is 0 Å². The third-order valence-corrected chi connectivity index (χ3v) is 10.7. The molecule has 0 bridgehead atoms. The normalized spacial score (nSPS) is 51.1. The third-order valence-electron chi connectivity index (χ3n) is 10.4. The van der Waals surface area contributed by atoms with Crippen LogP contribution in [0.4, 0.5) is 0 Å². The van der Waals surface area contributed by atoms with Gasteiger partial charge in [-0.1, -0.05) is 6.92 Å². The van der Waals surface area contributed by atoms with E-state index in [2.05, 4.69) is 6.92 Å². The quantitative estimate of drug-likeness (QED) is 0.319. The van der Waals surface area contributed by atoms with Crippen LogP contribution in [0.2, 0.25) is 0 Å². The highest BCUT2D eigenvalue weighted by atomic mass is 35.5. The first kappa shape index (κ1) is 23.5. The average molecular weight is 481 g/mol. The second-order valence-electron chi connectivity index (χ2n) is 11.4. The largest absolute Gasteiger partial charge is 0.458 e. The summed E-state index contributed by atoms with van der Waals surface area (Å²) in [6.45, 7) is 2.33. The molecule has 4 saturated carbocycles. The summed E-state index contributed by atoms with van der Waals surface area (Å²) in [6.07, 6.45) is 4.77. The molecule has 1 heterocycles. The number of esters is 1. The van der Waals surface area contributed by atoms with E-state index in [4.69, 9.17) is 16.3 Å². The smallest absolute Gasteiger partial charge is 0.331 e. The SMILES string of the molecule is C[C@]12CC[C@H]3[C@@H](CC[C@]4(O)C[C@@H](O)CC(C(=O)CCl)[C@]34C=O)[C@@]1(O)CC[C@@H]2C1=CC(=O)OC1. The number of halogens is 1. The fourth-order valence-corrected chi connectivity index (χ4v) is 9.17. The van der Waals surface area contributed by atoms with Crippen LogP contribution in [0.3, 0.4) is 0 Å². The first-order valence-electron chi connectivity index (χ1n) is 12.1. The predicted octanol–water partition coefficient (Wildman–Crippen LogP) is 1.93. The third kappa shape index (κ3) is 2.88. The second kappa shape index (κ2) is 7.61. The number of Topliss-reactive ketones (excluding diaryl/α,β-unsaturated/α-hetero) is 1. The fourth-order valence-electron chi connectivity index (χ4n) is 8.98. The molecule has 0 saturated heterocycles. The molecule has 0 amide bonds. The molecule has 0 aromatic rings. The number of ketones is 1. The molecule has 0 aromatic heterocycles. The molecule has 9 atom stereocenters. The van der Waals surface area contributed by atoms with Crippen molar-refractivity contribution < 1.29 is 34.4 Å². The number of carbonyl (C=O) groups excluding carboxylic acids is 3. The Hall–Kier alpha value is -1.28. The highest BCUT2D eigenvalue weighted by molar-refractivity contribution is 6.28. The first-order chi connectivity index (χ1) is 15.6. The van der Waals surface area contributed by atoms with E-state index in [1.165, 1.54) is 0 Å². The van der Waals surface area contributed by atoms with E-state index in [9.17, 15) is 29.7 Å². The van der Waals surface area contributed by atoms with Crippen LogP contribution in [-0.4, -0.2) is 63.2 Å². The van der Waals surface area contributed by atoms with Crippen molar-refractivity contribution in [2.45, 2.75) is 75.6 Å². The summed E-state index contributed by atoms with van der Waals surface area (Å²) in [5.74, 6) is -2.48. The van der Waals surface area contributed by atoms with Gasteiger partial charge in [0.25, 0.3) is 0 Å². The molecule has 3 N–H and O–H groups in total. The Balaban J connectivity index is 1.57. The lowest BCUT2D eigenvalue weighted by atomic mass is 9.39. The predicted molar refractivity (Wildman–Crippen MR) is 118 cm³/mol. The number of aldehydes is 1. The van der Waals surface area contributed by atoms with Crippen molar-refractivity contribution in [3.8, 4) is 0 Å². The molecular formula is C25H33ClO7. The van der Waals surface area contributed by atoms with E-state index >= 15 is 0 Å². The van der Waals surface area contributed by atoms with E-state index in [0.29, 0.717) is 25.7 Å². The molecule has 4 aliphatic carbocycles. The maximum atomic E-state index is 12.9. The summed E-state index contributed by atoms with van der Waals surface area (Å²) in [6, 6.07) is 0. The molecule has 1 unspecified atom stereocenters. The van der Waals surface area contributed by atoms with Crippen LogP contribution in [0, 0.1) is 34.5 Å². The number of fused-ring (bicyclic) bond motifs is 5. The molecular weight excluding hydrogens is 448 g/mol. The van der Waals surface area contributed by atoms with Crippen molar-refractivity contribution in [3.05, 3.63) is 11.6 Å². The minimum atomic E-state index is -1.50. The lowest BCUT2D eigenvalue weighted by molar-refractivity contribution is -0.260. The summed E-state index contributed by atoms with van der Waals surface area (Å²) in [4.78, 5) is 37.6. The first-order valence-corrected chi connectivity index (χ1v) is 12.6. The number of alkyl halides is 1. The van der Waals surface area contributed by atoms with E-state index < -0.39 is 34.1 Å². The molecule has 7 nitrogen and oxygen atoms in total. The molecule has 0 aromatic carbocycles. The van der Waals surface area contributed by atoms with Gasteiger partial charge >= 0.3 is 5.97 Å². The van der Waals surface area contributed by atoms with Gasteiger partial charge in [0.05, 0.1) is 28.6 Å². The average Bonchev–Trinajstić information content (AvgIpc) is 3.31. The van der Waals surface area contributed by atoms with Gasteiger partial charge in [0.15, 0.2) is 5.78 Å². The number of hydrogen-bond acceptors (Lipinski definition) is 7. The highest BCUT2D eigenvalue weighted by Crippen LogP contribution is 2.71. The van der Waals surface area contributed by atoms with E-state index in [1.54, 1.807) is 6.08 Å². The summed E-state index contributed by atoms with van der Waals surface area (Å²) >= 11 is 5.92. The molecule has 8 heteroatoms. The summed E-state index contributed by atoms with van der Waals surface area (Å²) in [7, 11) is 0. The van der Waals surface area contributed by atoms with Gasteiger partial charge < -0.3 is 24.9 Å². The Bertz CT molecular complexity index is 918. The fraction of sp³-hybridized carbons (Fsp3) is 0.800. The van der Waals surface area contributed by atoms with Crippen LogP contribution < -0.4 is 0 Å². The van der Waals surface area contributed by atoms with Crippen molar-refractivity contribution in [2.75, 3.05) is 12.5 Å². The molecule has 5 rings (SSSR count). The second-order valence-corrected chi connectivity index (χ2v) is 11.6. The van der Waals surface area contributed by atoms with Gasteiger partial charge in [-0.2, -0.15) is 0 Å². The zero-order valence-corrected chi connectivity index (χ0v) is 19.7. The van der Waals surface area contributed by atoms with Crippen molar-refractivity contribution in [3.63, 3.8) is 0 Å². The van der Waals surface area contributed by atoms with Crippen LogP contribution >= 0.6 is 11.6 Å². The Kier molecular flexibility index (Phi) is 5.41. The van der Waals surface area contributed by atoms with E-state index in [1.807, 2.05) is 0 Å². The number of ether oxygens (including phenoxy) is 1. The zero-order chi connectivity index (χ0) is 23.8. The Labute approximate surface area is 198 Å². The number of cyclic esters (lactones) is 1. The molecule has 33 heavy (non-hydrogen) atoms. The molecule has 0 spiro atoms. The van der Waals surface area contributed by atoms with E-state index in [0.717, 1.165) is 18.3 Å². The van der Waals surface area contributed by atoms with Crippen LogP contribution in [0.15, 0.2) is 11.6 Å². The van der Waals surface area contributed by atoms with Gasteiger partial charge in [-0.25, -0.2) is 4.79 Å². The van der Waals surface area contributed by atoms with Gasteiger partial charge in [0.1, 0.15) is 12.9 Å². The summed E-state index contributed by atoms with van der Waals surface area (Å²) in [5.41, 5.74) is -3.54. The van der Waals surface area contributed by atoms with Crippen molar-refractivity contribution in [2.24, 2.45) is 34.5 Å². The van der Waals surface area contributed by atoms with Crippen molar-refractivity contribution >= 4 is 29.6 Å². The van der Waals surface area contributed by atoms with Gasteiger partial charge in [-0.05, 0) is 68.3 Å². The molecule has 1 aliphatic heterocycles. The topological polar surface area (TPSA) is 121 Å². The van der Waals surface area contributed by atoms with Gasteiger partial charge in [-0.3, -0.25) is 4.79 Å². The maximum absolute atomic E-state index is 12.9. The Morgan fingerprint density at radius 2 is 1.94 bits per heavy atom. The molecule has 182 valence electrons. The minimum Gasteiger partial charge on any atom is -0.458 e. The standard InChI is InChI=1S/C25H33ClO7/c1-22-5-2-17-18(25(22,32)7-4-16(22)14-8-21(30)33-12-14)3-6-23(31)10-15(28)9-19(20(29)11-26)24(17,23)13-27/h8,13,15-19,28,31-32H,2-7,9-12H2,1H3/t15-,16+,17-,18+,19?,22+,23-,24-,25-/m0/s1. The number of rotatable bonds is 4. The zero-order valence-electron chi connectivity index (χ0n) is 19.0. The van der Waals surface area contributed by atoms with Gasteiger partial charge in [-0.15, -0.1) is 11.6 Å². The van der Waals surface area contributed by atoms with Crippen molar-refractivity contribution in [1.29, 1.82) is 0 Å².